The fourth-order valence-electron chi connectivity index (χ4n) is 3.91. The maximum absolute atomic E-state index is 12.6. The van der Waals surface area contributed by atoms with Gasteiger partial charge in [-0.15, -0.1) is 0 Å². The van der Waals surface area contributed by atoms with Gasteiger partial charge in [-0.05, 0) is 62.8 Å². The van der Waals surface area contributed by atoms with E-state index in [0.29, 0.717) is 12.3 Å². The number of likely N-dealkylation sites (tertiary alicyclic amines) is 1. The highest BCUT2D eigenvalue weighted by molar-refractivity contribution is 5.89. The van der Waals surface area contributed by atoms with E-state index in [-0.39, 0.29) is 30.5 Å². The molecule has 26 heavy (non-hydrogen) atoms. The summed E-state index contributed by atoms with van der Waals surface area (Å²) < 4.78 is 5.67. The minimum absolute atomic E-state index is 0.00827. The van der Waals surface area contributed by atoms with Crippen molar-refractivity contribution >= 4 is 11.8 Å². The Labute approximate surface area is 156 Å². The monoisotopic (exact) mass is 358 g/mol. The van der Waals surface area contributed by atoms with Gasteiger partial charge in [0.05, 0.1) is 0 Å². The third kappa shape index (κ3) is 4.57. The van der Waals surface area contributed by atoms with Gasteiger partial charge in [0.25, 0.3) is 5.91 Å². The van der Waals surface area contributed by atoms with E-state index in [0.717, 1.165) is 31.2 Å². The van der Waals surface area contributed by atoms with Crippen LogP contribution in [0.25, 0.3) is 0 Å². The lowest BCUT2D eigenvalue weighted by Crippen LogP contribution is -2.50. The molecule has 1 aromatic carbocycles. The number of carbonyl (C=O) groups excluding carboxylic acids is 2. The van der Waals surface area contributed by atoms with E-state index in [1.54, 1.807) is 4.90 Å². The molecule has 2 fully saturated rings. The van der Waals surface area contributed by atoms with Crippen LogP contribution in [0.5, 0.6) is 5.75 Å². The molecule has 1 atom stereocenters. The molecule has 0 radical (unpaired) electrons. The van der Waals surface area contributed by atoms with Crippen molar-refractivity contribution in [2.75, 3.05) is 13.2 Å². The van der Waals surface area contributed by atoms with Crippen LogP contribution in [0.2, 0.25) is 0 Å². The summed E-state index contributed by atoms with van der Waals surface area (Å²) in [6.45, 7) is 4.69. The van der Waals surface area contributed by atoms with Crippen molar-refractivity contribution in [3.05, 3.63) is 29.3 Å². The third-order valence-electron chi connectivity index (χ3n) is 5.67. The lowest BCUT2D eigenvalue weighted by atomic mass is 9.95. The van der Waals surface area contributed by atoms with Gasteiger partial charge in [-0.2, -0.15) is 0 Å². The van der Waals surface area contributed by atoms with Gasteiger partial charge in [0.1, 0.15) is 11.8 Å². The van der Waals surface area contributed by atoms with Crippen molar-refractivity contribution in [3.8, 4) is 5.75 Å². The molecule has 3 rings (SSSR count). The first kappa shape index (κ1) is 18.7. The van der Waals surface area contributed by atoms with Gasteiger partial charge in [-0.25, -0.2) is 0 Å². The smallest absolute Gasteiger partial charge is 0.261 e. The molecule has 2 amide bonds. The summed E-state index contributed by atoms with van der Waals surface area (Å²) in [5.41, 5.74) is 2.34. The molecule has 2 aliphatic rings. The fourth-order valence-corrected chi connectivity index (χ4v) is 3.91. The Morgan fingerprint density at radius 3 is 2.58 bits per heavy atom. The Kier molecular flexibility index (Phi) is 6.17. The zero-order valence-electron chi connectivity index (χ0n) is 15.9. The SMILES string of the molecule is Cc1ccc(OCC(=O)N2CCC[C@@H]2C(=O)NC2CCCCC2)cc1C. The molecule has 1 heterocycles. The standard InChI is InChI=1S/C21H30N2O3/c1-15-10-11-18(13-16(15)2)26-14-20(24)23-12-6-9-19(23)21(25)22-17-7-4-3-5-8-17/h10-11,13,17,19H,3-9,12,14H2,1-2H3,(H,22,25)/t19-/m1/s1. The molecular formula is C21H30N2O3. The predicted molar refractivity (Wildman–Crippen MR) is 101 cm³/mol. The van der Waals surface area contributed by atoms with Crippen molar-refractivity contribution in [2.24, 2.45) is 0 Å². The summed E-state index contributed by atoms with van der Waals surface area (Å²) in [5, 5.41) is 3.16. The molecule has 1 saturated carbocycles. The third-order valence-corrected chi connectivity index (χ3v) is 5.67. The van der Waals surface area contributed by atoms with Gasteiger partial charge in [0.2, 0.25) is 5.91 Å². The summed E-state index contributed by atoms with van der Waals surface area (Å²) >= 11 is 0. The van der Waals surface area contributed by atoms with Crippen LogP contribution in [0.3, 0.4) is 0 Å². The lowest BCUT2D eigenvalue weighted by Gasteiger charge is -2.28. The van der Waals surface area contributed by atoms with Gasteiger partial charge in [-0.1, -0.05) is 25.3 Å². The van der Waals surface area contributed by atoms with Crippen molar-refractivity contribution in [3.63, 3.8) is 0 Å². The molecule has 1 aliphatic carbocycles. The first-order chi connectivity index (χ1) is 12.5. The van der Waals surface area contributed by atoms with Crippen LogP contribution in [0.1, 0.15) is 56.1 Å². The molecule has 1 N–H and O–H groups in total. The number of benzene rings is 1. The number of hydrogen-bond donors (Lipinski definition) is 1. The highest BCUT2D eigenvalue weighted by Crippen LogP contribution is 2.22. The molecule has 1 aliphatic heterocycles. The largest absolute Gasteiger partial charge is 0.484 e. The number of ether oxygens (including phenoxy) is 1. The van der Waals surface area contributed by atoms with Crippen LogP contribution in [0, 0.1) is 13.8 Å². The van der Waals surface area contributed by atoms with Crippen LogP contribution < -0.4 is 10.1 Å². The average molecular weight is 358 g/mol. The first-order valence-electron chi connectivity index (χ1n) is 9.84. The molecule has 0 aromatic heterocycles. The molecule has 1 aromatic rings. The molecule has 142 valence electrons. The van der Waals surface area contributed by atoms with Crippen LogP contribution in [-0.4, -0.2) is 41.9 Å². The van der Waals surface area contributed by atoms with Crippen molar-refractivity contribution in [2.45, 2.75) is 70.9 Å². The molecule has 0 unspecified atom stereocenters. The molecule has 5 nitrogen and oxygen atoms in total. The van der Waals surface area contributed by atoms with Crippen molar-refractivity contribution in [1.82, 2.24) is 10.2 Å². The average Bonchev–Trinajstić information content (AvgIpc) is 3.13. The number of hydrogen-bond acceptors (Lipinski definition) is 3. The number of carbonyl (C=O) groups is 2. The zero-order valence-corrected chi connectivity index (χ0v) is 15.9. The van der Waals surface area contributed by atoms with E-state index in [4.69, 9.17) is 4.74 Å². The highest BCUT2D eigenvalue weighted by atomic mass is 16.5. The lowest BCUT2D eigenvalue weighted by molar-refractivity contribution is -0.140. The van der Waals surface area contributed by atoms with Crippen LogP contribution in [0.4, 0.5) is 0 Å². The fraction of sp³-hybridized carbons (Fsp3) is 0.619. The molecular weight excluding hydrogens is 328 g/mol. The van der Waals surface area contributed by atoms with Gasteiger partial charge in [0, 0.05) is 12.6 Å². The van der Waals surface area contributed by atoms with E-state index in [1.807, 2.05) is 32.0 Å². The second-order valence-corrected chi connectivity index (χ2v) is 7.62. The van der Waals surface area contributed by atoms with E-state index in [9.17, 15) is 9.59 Å². The minimum Gasteiger partial charge on any atom is -0.484 e. The Bertz CT molecular complexity index is 653. The van der Waals surface area contributed by atoms with Crippen LogP contribution >= 0.6 is 0 Å². The first-order valence-corrected chi connectivity index (χ1v) is 9.84. The van der Waals surface area contributed by atoms with Gasteiger partial charge in [0.15, 0.2) is 6.61 Å². The summed E-state index contributed by atoms with van der Waals surface area (Å²) in [7, 11) is 0. The Hall–Kier alpha value is -2.04. The maximum atomic E-state index is 12.6. The summed E-state index contributed by atoms with van der Waals surface area (Å²) in [5.74, 6) is 0.599. The Morgan fingerprint density at radius 1 is 1.08 bits per heavy atom. The molecule has 5 heteroatoms. The number of nitrogens with one attached hydrogen (secondary N) is 1. The number of nitrogens with zero attached hydrogens (tertiary/aromatic N) is 1. The van der Waals surface area contributed by atoms with Crippen LogP contribution in [0.15, 0.2) is 18.2 Å². The Morgan fingerprint density at radius 2 is 1.85 bits per heavy atom. The number of rotatable bonds is 5. The molecule has 0 bridgehead atoms. The number of aryl methyl sites for hydroxylation is 2. The maximum Gasteiger partial charge on any atom is 0.261 e. The zero-order chi connectivity index (χ0) is 18.5. The molecule has 1 saturated heterocycles. The predicted octanol–water partition coefficient (Wildman–Crippen LogP) is 3.12. The topological polar surface area (TPSA) is 58.6 Å². The van der Waals surface area contributed by atoms with Gasteiger partial charge in [-0.3, -0.25) is 9.59 Å². The van der Waals surface area contributed by atoms with Crippen molar-refractivity contribution < 1.29 is 14.3 Å². The second-order valence-electron chi connectivity index (χ2n) is 7.62. The summed E-state index contributed by atoms with van der Waals surface area (Å²) in [6, 6.07) is 5.76. The van der Waals surface area contributed by atoms with Gasteiger partial charge >= 0.3 is 0 Å². The second kappa shape index (κ2) is 8.56. The summed E-state index contributed by atoms with van der Waals surface area (Å²) in [4.78, 5) is 26.9. The number of amides is 2. The van der Waals surface area contributed by atoms with E-state index in [2.05, 4.69) is 5.32 Å². The van der Waals surface area contributed by atoms with E-state index < -0.39 is 0 Å². The highest BCUT2D eigenvalue weighted by Gasteiger charge is 2.35. The van der Waals surface area contributed by atoms with Crippen molar-refractivity contribution in [1.29, 1.82) is 0 Å². The quantitative estimate of drug-likeness (QED) is 0.880. The summed E-state index contributed by atoms with van der Waals surface area (Å²) in [6.07, 6.45) is 7.36. The van der Waals surface area contributed by atoms with Crippen LogP contribution in [-0.2, 0) is 9.59 Å². The minimum atomic E-state index is -0.340. The molecule has 0 spiro atoms. The normalized spacial score (nSPS) is 20.8. The Balaban J connectivity index is 1.53. The van der Waals surface area contributed by atoms with Gasteiger partial charge < -0.3 is 15.0 Å². The van der Waals surface area contributed by atoms with E-state index in [1.165, 1.54) is 24.8 Å². The van der Waals surface area contributed by atoms with E-state index >= 15 is 0 Å².